The molecule has 0 unspecified atom stereocenters. The summed E-state index contributed by atoms with van der Waals surface area (Å²) in [5.74, 6) is -1.51. The van der Waals surface area contributed by atoms with Crippen LogP contribution < -0.4 is 15.6 Å². The van der Waals surface area contributed by atoms with Gasteiger partial charge in [0.2, 0.25) is 5.43 Å². The number of rotatable bonds is 3. The molecule has 3 heterocycles. The number of aromatic amines is 1. The monoisotopic (exact) mass is 396 g/mol. The minimum Gasteiger partial charge on any atom is -0.477 e. The van der Waals surface area contributed by atoms with Crippen LogP contribution in [0.15, 0.2) is 17.1 Å². The summed E-state index contributed by atoms with van der Waals surface area (Å²) in [5.41, 5.74) is -0.755. The molecule has 5 rings (SSSR count). The fourth-order valence-corrected chi connectivity index (χ4v) is 5.03. The van der Waals surface area contributed by atoms with Crippen molar-refractivity contribution in [1.29, 1.82) is 5.26 Å². The number of nitrogens with zero attached hydrogens (tertiary/aromatic N) is 2. The van der Waals surface area contributed by atoms with Gasteiger partial charge in [-0.1, -0.05) is 0 Å². The van der Waals surface area contributed by atoms with Crippen molar-refractivity contribution in [3.8, 4) is 6.07 Å². The molecule has 2 saturated heterocycles. The van der Waals surface area contributed by atoms with E-state index < -0.39 is 28.2 Å². The Morgan fingerprint density at radius 3 is 2.83 bits per heavy atom. The van der Waals surface area contributed by atoms with E-state index in [1.165, 1.54) is 0 Å². The van der Waals surface area contributed by atoms with Crippen molar-refractivity contribution >= 4 is 22.6 Å². The number of fused-ring (bicyclic) bond motifs is 2. The SMILES string of the molecule is N#CC1(c2c(N3C[C@@H]4CCCN[C@@H]4C3)c(F)cc3c(=O)c(C(=O)O)c[nH]c23)CC1. The first kappa shape index (κ1) is 18.1. The van der Waals surface area contributed by atoms with Gasteiger partial charge in [0.15, 0.2) is 0 Å². The molecule has 3 aliphatic rings. The van der Waals surface area contributed by atoms with Crippen LogP contribution in [0.2, 0.25) is 0 Å². The van der Waals surface area contributed by atoms with E-state index in [1.807, 2.05) is 4.90 Å². The molecule has 2 aliphatic heterocycles. The normalized spacial score (nSPS) is 24.9. The van der Waals surface area contributed by atoms with Crippen LogP contribution >= 0.6 is 0 Å². The van der Waals surface area contributed by atoms with Crippen LogP contribution in [0.5, 0.6) is 0 Å². The molecule has 0 amide bonds. The summed E-state index contributed by atoms with van der Waals surface area (Å²) >= 11 is 0. The van der Waals surface area contributed by atoms with E-state index >= 15 is 4.39 Å². The number of benzene rings is 1. The van der Waals surface area contributed by atoms with E-state index in [9.17, 15) is 20.0 Å². The van der Waals surface area contributed by atoms with Crippen molar-refractivity contribution in [2.75, 3.05) is 24.5 Å². The maximum absolute atomic E-state index is 15.4. The molecule has 29 heavy (non-hydrogen) atoms. The number of aromatic nitrogens is 1. The lowest BCUT2D eigenvalue weighted by atomic mass is 9.91. The second-order valence-corrected chi connectivity index (χ2v) is 8.40. The molecule has 3 fully saturated rings. The van der Waals surface area contributed by atoms with E-state index in [0.717, 1.165) is 31.6 Å². The lowest BCUT2D eigenvalue weighted by Crippen LogP contribution is -2.40. The third-order valence-corrected chi connectivity index (χ3v) is 6.69. The standard InChI is InChI=1S/C21H21FN4O3/c22-14-6-12-17(25-7-13(19(12)27)20(28)29)16(21(10-23)3-4-21)18(14)26-8-11-2-1-5-24-15(11)9-26/h6-7,11,15,24H,1-5,8-9H2,(H,25,27)(H,28,29)/t11-,15+/m0/s1. The third-order valence-electron chi connectivity index (χ3n) is 6.69. The van der Waals surface area contributed by atoms with Crippen LogP contribution in [0, 0.1) is 23.1 Å². The maximum atomic E-state index is 15.4. The Bertz CT molecular complexity index is 1120. The highest BCUT2D eigenvalue weighted by molar-refractivity contribution is 5.96. The minimum absolute atomic E-state index is 0.0163. The molecular weight excluding hydrogens is 375 g/mol. The maximum Gasteiger partial charge on any atom is 0.341 e. The number of carboxylic acid groups (broad SMARTS) is 1. The summed E-state index contributed by atoms with van der Waals surface area (Å²) in [7, 11) is 0. The highest BCUT2D eigenvalue weighted by Crippen LogP contribution is 2.54. The summed E-state index contributed by atoms with van der Waals surface area (Å²) in [5, 5.41) is 22.6. The number of H-pyrrole nitrogens is 1. The number of carboxylic acids is 1. The zero-order chi connectivity index (χ0) is 20.3. The Balaban J connectivity index is 1.74. The number of pyridine rings is 1. The van der Waals surface area contributed by atoms with Gasteiger partial charge >= 0.3 is 5.97 Å². The van der Waals surface area contributed by atoms with Gasteiger partial charge in [-0.15, -0.1) is 0 Å². The van der Waals surface area contributed by atoms with Gasteiger partial charge in [-0.05, 0) is 44.2 Å². The van der Waals surface area contributed by atoms with E-state index in [-0.39, 0.29) is 11.4 Å². The van der Waals surface area contributed by atoms with E-state index in [4.69, 9.17) is 0 Å². The quantitative estimate of drug-likeness (QED) is 0.733. The number of hydrogen-bond acceptors (Lipinski definition) is 5. The predicted octanol–water partition coefficient (Wildman–Crippen LogP) is 2.11. The fourth-order valence-electron chi connectivity index (χ4n) is 5.03. The van der Waals surface area contributed by atoms with Crippen molar-refractivity contribution in [2.45, 2.75) is 37.1 Å². The number of nitriles is 1. The van der Waals surface area contributed by atoms with Crippen LogP contribution in [0.4, 0.5) is 10.1 Å². The highest BCUT2D eigenvalue weighted by Gasteiger charge is 2.50. The summed E-state index contributed by atoms with van der Waals surface area (Å²) in [6, 6.07) is 3.74. The molecule has 7 nitrogen and oxygen atoms in total. The summed E-state index contributed by atoms with van der Waals surface area (Å²) in [6.07, 6.45) is 4.51. The minimum atomic E-state index is -1.37. The average molecular weight is 396 g/mol. The largest absolute Gasteiger partial charge is 0.477 e. The zero-order valence-electron chi connectivity index (χ0n) is 15.8. The lowest BCUT2D eigenvalue weighted by molar-refractivity contribution is 0.0695. The number of piperidine rings is 1. The van der Waals surface area contributed by atoms with Crippen LogP contribution in [-0.4, -0.2) is 41.7 Å². The first-order valence-electron chi connectivity index (χ1n) is 9.96. The van der Waals surface area contributed by atoms with Gasteiger partial charge in [0.05, 0.1) is 22.7 Å². The number of aromatic carboxylic acids is 1. The molecule has 1 aromatic heterocycles. The zero-order valence-corrected chi connectivity index (χ0v) is 15.8. The molecule has 2 atom stereocenters. The van der Waals surface area contributed by atoms with Gasteiger partial charge in [0.1, 0.15) is 11.4 Å². The Morgan fingerprint density at radius 1 is 1.38 bits per heavy atom. The predicted molar refractivity (Wildman–Crippen MR) is 105 cm³/mol. The second kappa shape index (κ2) is 6.29. The first-order chi connectivity index (χ1) is 13.9. The highest BCUT2D eigenvalue weighted by atomic mass is 19.1. The number of carbonyl (C=O) groups is 1. The Labute approximate surface area is 166 Å². The van der Waals surface area contributed by atoms with Gasteiger partial charge in [0.25, 0.3) is 0 Å². The Hall–Kier alpha value is -2.92. The number of anilines is 1. The molecule has 150 valence electrons. The Kier molecular flexibility index (Phi) is 3.93. The van der Waals surface area contributed by atoms with Crippen LogP contribution in [-0.2, 0) is 5.41 Å². The van der Waals surface area contributed by atoms with Gasteiger partial charge < -0.3 is 20.3 Å². The second-order valence-electron chi connectivity index (χ2n) is 8.40. The molecule has 1 aliphatic carbocycles. The smallest absolute Gasteiger partial charge is 0.341 e. The van der Waals surface area contributed by atoms with Gasteiger partial charge in [-0.25, -0.2) is 9.18 Å². The lowest BCUT2D eigenvalue weighted by Gasteiger charge is -2.26. The first-order valence-corrected chi connectivity index (χ1v) is 9.96. The molecule has 8 heteroatoms. The summed E-state index contributed by atoms with van der Waals surface area (Å²) in [6.45, 7) is 2.31. The molecule has 2 aromatic rings. The van der Waals surface area contributed by atoms with E-state index in [1.54, 1.807) is 0 Å². The van der Waals surface area contributed by atoms with Gasteiger partial charge in [-0.3, -0.25) is 4.79 Å². The van der Waals surface area contributed by atoms with Crippen LogP contribution in [0.3, 0.4) is 0 Å². The van der Waals surface area contributed by atoms with Crippen molar-refractivity contribution < 1.29 is 14.3 Å². The van der Waals surface area contributed by atoms with Crippen molar-refractivity contribution in [2.24, 2.45) is 5.92 Å². The number of hydrogen-bond donors (Lipinski definition) is 3. The molecule has 0 spiro atoms. The Morgan fingerprint density at radius 2 is 2.17 bits per heavy atom. The average Bonchev–Trinajstić information content (AvgIpc) is 3.38. The third kappa shape index (κ3) is 2.64. The molecule has 3 N–H and O–H groups in total. The number of halogens is 1. The van der Waals surface area contributed by atoms with Crippen LogP contribution in [0.25, 0.3) is 10.9 Å². The van der Waals surface area contributed by atoms with Crippen molar-refractivity contribution in [3.63, 3.8) is 0 Å². The van der Waals surface area contributed by atoms with Crippen molar-refractivity contribution in [3.05, 3.63) is 39.4 Å². The summed E-state index contributed by atoms with van der Waals surface area (Å²) < 4.78 is 15.4. The topological polar surface area (TPSA) is 109 Å². The number of nitrogens with one attached hydrogen (secondary N) is 2. The van der Waals surface area contributed by atoms with Crippen LogP contribution in [0.1, 0.15) is 41.6 Å². The van der Waals surface area contributed by atoms with E-state index in [0.29, 0.717) is 48.6 Å². The molecular formula is C21H21FN4O3. The molecule has 1 saturated carbocycles. The van der Waals surface area contributed by atoms with E-state index in [2.05, 4.69) is 16.4 Å². The fraction of sp³-hybridized carbons (Fsp3) is 0.476. The molecule has 0 bridgehead atoms. The summed E-state index contributed by atoms with van der Waals surface area (Å²) in [4.78, 5) is 28.9. The van der Waals surface area contributed by atoms with Gasteiger partial charge in [0, 0.05) is 36.3 Å². The molecule has 1 aromatic carbocycles. The van der Waals surface area contributed by atoms with Crippen molar-refractivity contribution in [1.82, 2.24) is 10.3 Å². The van der Waals surface area contributed by atoms with Gasteiger partial charge in [-0.2, -0.15) is 5.26 Å². The molecule has 0 radical (unpaired) electrons.